The van der Waals surface area contributed by atoms with E-state index >= 15 is 0 Å². The Morgan fingerprint density at radius 2 is 1.92 bits per heavy atom. The van der Waals surface area contributed by atoms with E-state index in [0.29, 0.717) is 0 Å². The summed E-state index contributed by atoms with van der Waals surface area (Å²) in [5.41, 5.74) is 1.60. The SMILES string of the molecule is CC1=CC(C)C2CNCC2C1C. The second-order valence-corrected chi connectivity index (χ2v) is 4.54. The smallest absolute Gasteiger partial charge is 0.00114 e. The van der Waals surface area contributed by atoms with E-state index in [1.54, 1.807) is 5.57 Å². The predicted molar refractivity (Wildman–Crippen MR) is 51.9 cm³/mol. The van der Waals surface area contributed by atoms with E-state index < -0.39 is 0 Å². The van der Waals surface area contributed by atoms with Gasteiger partial charge in [-0.15, -0.1) is 0 Å². The van der Waals surface area contributed by atoms with Crippen molar-refractivity contribution in [2.45, 2.75) is 20.8 Å². The summed E-state index contributed by atoms with van der Waals surface area (Å²) in [7, 11) is 0. The molecule has 1 saturated heterocycles. The molecule has 1 aliphatic heterocycles. The first-order valence-corrected chi connectivity index (χ1v) is 5.09. The van der Waals surface area contributed by atoms with Crippen molar-refractivity contribution in [2.24, 2.45) is 23.7 Å². The van der Waals surface area contributed by atoms with Crippen molar-refractivity contribution in [1.29, 1.82) is 0 Å². The fourth-order valence-electron chi connectivity index (χ4n) is 2.87. The maximum absolute atomic E-state index is 3.51. The minimum Gasteiger partial charge on any atom is -0.316 e. The summed E-state index contributed by atoms with van der Waals surface area (Å²) in [5, 5.41) is 3.51. The quantitative estimate of drug-likeness (QED) is 0.542. The van der Waals surface area contributed by atoms with Gasteiger partial charge in [0.15, 0.2) is 0 Å². The Hall–Kier alpha value is -0.300. The molecular formula is C11H19N. The molecule has 2 rings (SSSR count). The van der Waals surface area contributed by atoms with Gasteiger partial charge in [-0.3, -0.25) is 0 Å². The lowest BCUT2D eigenvalue weighted by atomic mass is 9.70. The highest BCUT2D eigenvalue weighted by Gasteiger charge is 2.37. The van der Waals surface area contributed by atoms with Gasteiger partial charge in [0.2, 0.25) is 0 Å². The van der Waals surface area contributed by atoms with Gasteiger partial charge in [-0.05, 0) is 43.7 Å². The number of hydrogen-bond donors (Lipinski definition) is 1. The van der Waals surface area contributed by atoms with E-state index in [1.807, 2.05) is 0 Å². The van der Waals surface area contributed by atoms with Gasteiger partial charge in [0.1, 0.15) is 0 Å². The molecule has 4 atom stereocenters. The summed E-state index contributed by atoms with van der Waals surface area (Å²) in [6.45, 7) is 9.50. The number of fused-ring (bicyclic) bond motifs is 1. The molecule has 1 N–H and O–H groups in total. The van der Waals surface area contributed by atoms with E-state index in [2.05, 4.69) is 32.2 Å². The van der Waals surface area contributed by atoms with Gasteiger partial charge >= 0.3 is 0 Å². The number of nitrogens with one attached hydrogen (secondary N) is 1. The fraction of sp³-hybridized carbons (Fsp3) is 0.818. The van der Waals surface area contributed by atoms with E-state index in [4.69, 9.17) is 0 Å². The number of hydrogen-bond acceptors (Lipinski definition) is 1. The monoisotopic (exact) mass is 165 g/mol. The molecule has 0 amide bonds. The second kappa shape index (κ2) is 2.88. The summed E-state index contributed by atoms with van der Waals surface area (Å²) < 4.78 is 0. The van der Waals surface area contributed by atoms with Crippen molar-refractivity contribution < 1.29 is 0 Å². The van der Waals surface area contributed by atoms with Crippen molar-refractivity contribution in [2.75, 3.05) is 13.1 Å². The van der Waals surface area contributed by atoms with E-state index in [-0.39, 0.29) is 0 Å². The number of allylic oxidation sites excluding steroid dienone is 2. The largest absolute Gasteiger partial charge is 0.316 e. The average molecular weight is 165 g/mol. The van der Waals surface area contributed by atoms with Crippen LogP contribution >= 0.6 is 0 Å². The van der Waals surface area contributed by atoms with Crippen molar-refractivity contribution in [3.63, 3.8) is 0 Å². The predicted octanol–water partition coefficient (Wildman–Crippen LogP) is 2.05. The van der Waals surface area contributed by atoms with Crippen LogP contribution < -0.4 is 5.32 Å². The molecule has 2 aliphatic rings. The maximum Gasteiger partial charge on any atom is -0.00114 e. The van der Waals surface area contributed by atoms with Crippen LogP contribution in [0.1, 0.15) is 20.8 Å². The highest BCUT2D eigenvalue weighted by molar-refractivity contribution is 5.14. The lowest BCUT2D eigenvalue weighted by Crippen LogP contribution is -2.29. The average Bonchev–Trinajstić information content (AvgIpc) is 2.48. The minimum absolute atomic E-state index is 0.793. The molecule has 0 bridgehead atoms. The molecular weight excluding hydrogens is 146 g/mol. The summed E-state index contributed by atoms with van der Waals surface area (Å²) in [6.07, 6.45) is 2.47. The molecule has 1 heterocycles. The Kier molecular flexibility index (Phi) is 1.99. The fourth-order valence-corrected chi connectivity index (χ4v) is 2.87. The normalized spacial score (nSPS) is 47.1. The van der Waals surface area contributed by atoms with Crippen molar-refractivity contribution in [3.05, 3.63) is 11.6 Å². The first-order valence-electron chi connectivity index (χ1n) is 5.09. The van der Waals surface area contributed by atoms with Gasteiger partial charge in [-0.25, -0.2) is 0 Å². The van der Waals surface area contributed by atoms with E-state index in [0.717, 1.165) is 23.7 Å². The van der Waals surface area contributed by atoms with Crippen LogP contribution in [0.3, 0.4) is 0 Å². The lowest BCUT2D eigenvalue weighted by molar-refractivity contribution is 0.261. The zero-order valence-electron chi connectivity index (χ0n) is 8.30. The molecule has 1 fully saturated rings. The molecule has 4 unspecified atom stereocenters. The highest BCUT2D eigenvalue weighted by atomic mass is 14.9. The number of rotatable bonds is 0. The van der Waals surface area contributed by atoms with Crippen LogP contribution in [0.15, 0.2) is 11.6 Å². The zero-order chi connectivity index (χ0) is 8.72. The molecule has 68 valence electrons. The van der Waals surface area contributed by atoms with Crippen LogP contribution in [0.2, 0.25) is 0 Å². The third kappa shape index (κ3) is 1.11. The Morgan fingerprint density at radius 1 is 1.25 bits per heavy atom. The van der Waals surface area contributed by atoms with E-state index in [1.165, 1.54) is 13.1 Å². The molecule has 0 spiro atoms. The Bertz CT molecular complexity index is 207. The van der Waals surface area contributed by atoms with E-state index in [9.17, 15) is 0 Å². The minimum atomic E-state index is 0.793. The Morgan fingerprint density at radius 3 is 2.67 bits per heavy atom. The summed E-state index contributed by atoms with van der Waals surface area (Å²) in [5.74, 6) is 3.41. The summed E-state index contributed by atoms with van der Waals surface area (Å²) >= 11 is 0. The first kappa shape index (κ1) is 8.31. The molecule has 1 heteroatoms. The molecule has 1 aliphatic carbocycles. The molecule has 0 aromatic heterocycles. The van der Waals surface area contributed by atoms with Crippen LogP contribution in [0.4, 0.5) is 0 Å². The zero-order valence-corrected chi connectivity index (χ0v) is 8.30. The van der Waals surface area contributed by atoms with Gasteiger partial charge < -0.3 is 5.32 Å². The third-order valence-corrected chi connectivity index (χ3v) is 3.87. The molecule has 0 saturated carbocycles. The van der Waals surface area contributed by atoms with Gasteiger partial charge in [0.05, 0.1) is 0 Å². The van der Waals surface area contributed by atoms with Crippen LogP contribution in [0.5, 0.6) is 0 Å². The topological polar surface area (TPSA) is 12.0 Å². The van der Waals surface area contributed by atoms with Gasteiger partial charge in [-0.1, -0.05) is 25.5 Å². The van der Waals surface area contributed by atoms with Crippen molar-refractivity contribution in [3.8, 4) is 0 Å². The lowest BCUT2D eigenvalue weighted by Gasteiger charge is -2.34. The molecule has 0 radical (unpaired) electrons. The van der Waals surface area contributed by atoms with Crippen LogP contribution in [-0.2, 0) is 0 Å². The molecule has 1 nitrogen and oxygen atoms in total. The van der Waals surface area contributed by atoms with Crippen molar-refractivity contribution >= 4 is 0 Å². The highest BCUT2D eigenvalue weighted by Crippen LogP contribution is 2.39. The molecule has 12 heavy (non-hydrogen) atoms. The van der Waals surface area contributed by atoms with Gasteiger partial charge in [0, 0.05) is 0 Å². The summed E-state index contributed by atoms with van der Waals surface area (Å²) in [4.78, 5) is 0. The van der Waals surface area contributed by atoms with Gasteiger partial charge in [-0.2, -0.15) is 0 Å². The van der Waals surface area contributed by atoms with Gasteiger partial charge in [0.25, 0.3) is 0 Å². The standard InChI is InChI=1S/C11H19N/c1-7-4-8(2)10-5-12-6-11(10)9(7)3/h4,8-12H,5-6H2,1-3H3. The second-order valence-electron chi connectivity index (χ2n) is 4.54. The van der Waals surface area contributed by atoms with Crippen molar-refractivity contribution in [1.82, 2.24) is 5.32 Å². The van der Waals surface area contributed by atoms with Crippen LogP contribution in [0.25, 0.3) is 0 Å². The third-order valence-electron chi connectivity index (χ3n) is 3.87. The Labute approximate surface area is 75.2 Å². The first-order chi connectivity index (χ1) is 5.70. The Balaban J connectivity index is 2.24. The summed E-state index contributed by atoms with van der Waals surface area (Å²) in [6, 6.07) is 0. The molecule has 0 aromatic carbocycles. The van der Waals surface area contributed by atoms with Crippen LogP contribution in [-0.4, -0.2) is 13.1 Å². The molecule has 0 aromatic rings. The van der Waals surface area contributed by atoms with Crippen LogP contribution in [0, 0.1) is 23.7 Å². The maximum atomic E-state index is 3.51.